The number of rotatable bonds is 2. The lowest BCUT2D eigenvalue weighted by molar-refractivity contribution is 0.411. The molecular weight excluding hydrogens is 220 g/mol. The fourth-order valence-electron chi connectivity index (χ4n) is 3.38. The smallest absolute Gasteiger partial charge is 0.00477 e. The third-order valence-corrected chi connectivity index (χ3v) is 4.57. The summed E-state index contributed by atoms with van der Waals surface area (Å²) >= 11 is 0. The van der Waals surface area contributed by atoms with E-state index >= 15 is 0 Å². The predicted octanol–water partition coefficient (Wildman–Crippen LogP) is 2.57. The number of nitrogens with one attached hydrogen (secondary N) is 1. The van der Waals surface area contributed by atoms with Crippen LogP contribution in [-0.2, 0) is 0 Å². The van der Waals surface area contributed by atoms with Gasteiger partial charge in [-0.05, 0) is 62.4 Å². The van der Waals surface area contributed by atoms with Crippen LogP contribution in [0.2, 0.25) is 0 Å². The van der Waals surface area contributed by atoms with E-state index in [4.69, 9.17) is 0 Å². The van der Waals surface area contributed by atoms with Crippen LogP contribution in [0.15, 0.2) is 24.3 Å². The van der Waals surface area contributed by atoms with E-state index in [2.05, 4.69) is 41.5 Å². The third-order valence-electron chi connectivity index (χ3n) is 4.57. The van der Waals surface area contributed by atoms with Gasteiger partial charge in [0.1, 0.15) is 0 Å². The summed E-state index contributed by atoms with van der Waals surface area (Å²) in [7, 11) is 2.22. The molecule has 18 heavy (non-hydrogen) atoms. The van der Waals surface area contributed by atoms with Crippen molar-refractivity contribution in [1.82, 2.24) is 10.2 Å². The van der Waals surface area contributed by atoms with Gasteiger partial charge in [-0.1, -0.05) is 24.3 Å². The molecule has 1 N–H and O–H groups in total. The molecule has 2 unspecified atom stereocenters. The van der Waals surface area contributed by atoms with Crippen LogP contribution in [-0.4, -0.2) is 38.1 Å². The Morgan fingerprint density at radius 3 is 2.33 bits per heavy atom. The van der Waals surface area contributed by atoms with Gasteiger partial charge in [-0.3, -0.25) is 0 Å². The molecule has 0 saturated carbocycles. The lowest BCUT2D eigenvalue weighted by atomic mass is 9.89. The van der Waals surface area contributed by atoms with Crippen LogP contribution >= 0.6 is 0 Å². The van der Waals surface area contributed by atoms with Crippen molar-refractivity contribution in [3.05, 3.63) is 35.4 Å². The minimum atomic E-state index is 0.735. The highest BCUT2D eigenvalue weighted by molar-refractivity contribution is 5.29. The lowest BCUT2D eigenvalue weighted by Crippen LogP contribution is -2.28. The SMILES string of the molecule is CN1CCC(c2ccc(C3CCCNC3)cc2)C1. The number of benzene rings is 1. The zero-order chi connectivity index (χ0) is 12.4. The summed E-state index contributed by atoms with van der Waals surface area (Å²) in [6.07, 6.45) is 3.99. The third kappa shape index (κ3) is 2.60. The van der Waals surface area contributed by atoms with Crippen molar-refractivity contribution >= 4 is 0 Å². The van der Waals surface area contributed by atoms with Gasteiger partial charge >= 0.3 is 0 Å². The first-order chi connectivity index (χ1) is 8.83. The second kappa shape index (κ2) is 5.41. The summed E-state index contributed by atoms with van der Waals surface area (Å²) in [6, 6.07) is 9.47. The molecule has 2 aliphatic rings. The lowest BCUT2D eigenvalue weighted by Gasteiger charge is -2.23. The minimum absolute atomic E-state index is 0.735. The first-order valence-electron chi connectivity index (χ1n) is 7.32. The van der Waals surface area contributed by atoms with E-state index in [9.17, 15) is 0 Å². The Balaban J connectivity index is 1.68. The molecule has 2 nitrogen and oxygen atoms in total. The Bertz CT molecular complexity index is 355. The first-order valence-corrected chi connectivity index (χ1v) is 7.32. The van der Waals surface area contributed by atoms with Crippen LogP contribution in [0, 0.1) is 0 Å². The fourth-order valence-corrected chi connectivity index (χ4v) is 3.38. The molecule has 2 heterocycles. The molecule has 2 atom stereocenters. The molecule has 0 bridgehead atoms. The molecular formula is C16H24N2. The van der Waals surface area contributed by atoms with Crippen LogP contribution in [0.3, 0.4) is 0 Å². The van der Waals surface area contributed by atoms with Crippen LogP contribution in [0.1, 0.15) is 42.2 Å². The fraction of sp³-hybridized carbons (Fsp3) is 0.625. The molecule has 2 saturated heterocycles. The molecule has 2 heteroatoms. The van der Waals surface area contributed by atoms with Crippen molar-refractivity contribution in [2.75, 3.05) is 33.2 Å². The zero-order valence-corrected chi connectivity index (χ0v) is 11.4. The monoisotopic (exact) mass is 244 g/mol. The summed E-state index contributed by atoms with van der Waals surface area (Å²) in [6.45, 7) is 4.83. The first kappa shape index (κ1) is 12.2. The van der Waals surface area contributed by atoms with Crippen molar-refractivity contribution in [3.8, 4) is 0 Å². The van der Waals surface area contributed by atoms with E-state index in [0.29, 0.717) is 0 Å². The second-order valence-corrected chi connectivity index (χ2v) is 5.96. The van der Waals surface area contributed by atoms with E-state index in [1.54, 1.807) is 0 Å². The molecule has 2 aliphatic heterocycles. The Labute approximate surface area is 110 Å². The highest BCUT2D eigenvalue weighted by atomic mass is 15.1. The summed E-state index contributed by atoms with van der Waals surface area (Å²) in [5.41, 5.74) is 3.06. The van der Waals surface area contributed by atoms with Crippen molar-refractivity contribution in [2.45, 2.75) is 31.1 Å². The van der Waals surface area contributed by atoms with Gasteiger partial charge in [0.2, 0.25) is 0 Å². The number of hydrogen-bond donors (Lipinski definition) is 1. The molecule has 0 aromatic heterocycles. The second-order valence-electron chi connectivity index (χ2n) is 5.96. The van der Waals surface area contributed by atoms with Gasteiger partial charge in [0, 0.05) is 13.1 Å². The number of hydrogen-bond acceptors (Lipinski definition) is 2. The number of nitrogens with zero attached hydrogens (tertiary/aromatic N) is 1. The van der Waals surface area contributed by atoms with Gasteiger partial charge < -0.3 is 10.2 Å². The molecule has 0 aliphatic carbocycles. The van der Waals surface area contributed by atoms with E-state index in [1.165, 1.54) is 50.0 Å². The normalized spacial score (nSPS) is 29.6. The molecule has 0 radical (unpaired) electrons. The summed E-state index contributed by atoms with van der Waals surface area (Å²) in [5, 5.41) is 3.50. The maximum Gasteiger partial charge on any atom is 0.00477 e. The van der Waals surface area contributed by atoms with Crippen LogP contribution < -0.4 is 5.32 Å². The predicted molar refractivity (Wildman–Crippen MR) is 76.1 cm³/mol. The Morgan fingerprint density at radius 1 is 1.06 bits per heavy atom. The highest BCUT2D eigenvalue weighted by Gasteiger charge is 2.21. The van der Waals surface area contributed by atoms with Crippen molar-refractivity contribution in [3.63, 3.8) is 0 Å². The van der Waals surface area contributed by atoms with Crippen LogP contribution in [0.5, 0.6) is 0 Å². The maximum absolute atomic E-state index is 3.50. The van der Waals surface area contributed by atoms with Gasteiger partial charge in [-0.2, -0.15) is 0 Å². The molecule has 3 rings (SSSR count). The Kier molecular flexibility index (Phi) is 3.67. The molecule has 2 fully saturated rings. The average Bonchev–Trinajstić information content (AvgIpc) is 2.87. The Morgan fingerprint density at radius 2 is 1.78 bits per heavy atom. The standard InChI is InChI=1S/C16H24N2/c1-18-10-8-16(12-18)14-6-4-13(5-7-14)15-3-2-9-17-11-15/h4-7,15-17H,2-3,8-12H2,1H3. The molecule has 1 aromatic carbocycles. The van der Waals surface area contributed by atoms with Gasteiger partial charge in [0.25, 0.3) is 0 Å². The summed E-state index contributed by atoms with van der Waals surface area (Å²) in [5.74, 6) is 1.49. The molecule has 0 spiro atoms. The van der Waals surface area contributed by atoms with E-state index in [1.807, 2.05) is 0 Å². The average molecular weight is 244 g/mol. The number of likely N-dealkylation sites (N-methyl/N-ethyl adjacent to an activating group) is 1. The highest BCUT2D eigenvalue weighted by Crippen LogP contribution is 2.29. The van der Waals surface area contributed by atoms with Gasteiger partial charge in [0.15, 0.2) is 0 Å². The molecule has 1 aromatic rings. The van der Waals surface area contributed by atoms with Gasteiger partial charge in [-0.15, -0.1) is 0 Å². The molecule has 98 valence electrons. The zero-order valence-electron chi connectivity index (χ0n) is 11.4. The van der Waals surface area contributed by atoms with Gasteiger partial charge in [0.05, 0.1) is 0 Å². The van der Waals surface area contributed by atoms with Crippen molar-refractivity contribution < 1.29 is 0 Å². The Hall–Kier alpha value is -0.860. The maximum atomic E-state index is 3.50. The topological polar surface area (TPSA) is 15.3 Å². The van der Waals surface area contributed by atoms with E-state index < -0.39 is 0 Å². The van der Waals surface area contributed by atoms with Crippen molar-refractivity contribution in [1.29, 1.82) is 0 Å². The minimum Gasteiger partial charge on any atom is -0.316 e. The van der Waals surface area contributed by atoms with E-state index in [0.717, 1.165) is 18.4 Å². The number of likely N-dealkylation sites (tertiary alicyclic amines) is 1. The largest absolute Gasteiger partial charge is 0.316 e. The van der Waals surface area contributed by atoms with Crippen LogP contribution in [0.4, 0.5) is 0 Å². The number of piperidine rings is 1. The van der Waals surface area contributed by atoms with E-state index in [-0.39, 0.29) is 0 Å². The quantitative estimate of drug-likeness (QED) is 0.860. The summed E-state index contributed by atoms with van der Waals surface area (Å²) < 4.78 is 0. The van der Waals surface area contributed by atoms with Crippen LogP contribution in [0.25, 0.3) is 0 Å². The summed E-state index contributed by atoms with van der Waals surface area (Å²) in [4.78, 5) is 2.43. The molecule has 0 amide bonds. The van der Waals surface area contributed by atoms with Gasteiger partial charge in [-0.25, -0.2) is 0 Å². The van der Waals surface area contributed by atoms with Crippen molar-refractivity contribution in [2.24, 2.45) is 0 Å².